The Morgan fingerprint density at radius 2 is 1.57 bits per heavy atom. The summed E-state index contributed by atoms with van der Waals surface area (Å²) in [5.74, 6) is 2.24. The highest BCUT2D eigenvalue weighted by Gasteiger charge is 2.51. The first kappa shape index (κ1) is 23.3. The number of nitrogens with zero attached hydrogens (tertiary/aromatic N) is 2. The van der Waals surface area contributed by atoms with E-state index >= 15 is 0 Å². The Morgan fingerprint density at radius 1 is 0.946 bits per heavy atom. The van der Waals surface area contributed by atoms with Crippen molar-refractivity contribution in [3.8, 4) is 0 Å². The Balaban J connectivity index is 1.16. The van der Waals surface area contributed by atoms with Crippen molar-refractivity contribution in [2.45, 2.75) is 56.8 Å². The predicted molar refractivity (Wildman–Crippen MR) is 143 cm³/mol. The van der Waals surface area contributed by atoms with E-state index in [2.05, 4.69) is 38.3 Å². The summed E-state index contributed by atoms with van der Waals surface area (Å²) in [6, 6.07) is 8.92. The molecule has 2 saturated heterocycles. The minimum Gasteiger partial charge on any atom is -0.440 e. The van der Waals surface area contributed by atoms with Gasteiger partial charge in [0.25, 0.3) is 11.8 Å². The number of hydrogen-bond acceptors (Lipinski definition) is 5. The molecule has 0 spiro atoms. The van der Waals surface area contributed by atoms with E-state index in [0.29, 0.717) is 17.3 Å². The molecule has 4 bridgehead atoms. The Hall–Kier alpha value is -2.87. The fourth-order valence-electron chi connectivity index (χ4n) is 8.05. The quantitative estimate of drug-likeness (QED) is 0.376. The van der Waals surface area contributed by atoms with Crippen molar-refractivity contribution in [3.05, 3.63) is 51.7 Å². The summed E-state index contributed by atoms with van der Waals surface area (Å²) in [5, 5.41) is 2.32. The van der Waals surface area contributed by atoms with Gasteiger partial charge in [-0.15, -0.1) is 0 Å². The van der Waals surface area contributed by atoms with E-state index < -0.39 is 17.8 Å². The maximum absolute atomic E-state index is 13.4. The van der Waals surface area contributed by atoms with Gasteiger partial charge in [0, 0.05) is 19.2 Å². The largest absolute Gasteiger partial charge is 0.440 e. The maximum Gasteiger partial charge on any atom is 0.335 e. The van der Waals surface area contributed by atoms with Gasteiger partial charge in [0.15, 0.2) is 0 Å². The van der Waals surface area contributed by atoms with Crippen molar-refractivity contribution in [2.75, 3.05) is 22.9 Å². The van der Waals surface area contributed by atoms with E-state index in [4.69, 9.17) is 4.42 Å². The maximum atomic E-state index is 13.4. The first-order chi connectivity index (χ1) is 17.9. The molecular formula is C29H30BrN3O4. The Kier molecular flexibility index (Phi) is 5.40. The molecule has 0 unspecified atom stereocenters. The third-order valence-electron chi connectivity index (χ3n) is 9.25. The van der Waals surface area contributed by atoms with Crippen molar-refractivity contribution in [1.82, 2.24) is 5.32 Å². The van der Waals surface area contributed by atoms with Gasteiger partial charge in [0.1, 0.15) is 11.3 Å². The second kappa shape index (κ2) is 8.58. The third kappa shape index (κ3) is 3.87. The summed E-state index contributed by atoms with van der Waals surface area (Å²) in [7, 11) is 0. The third-order valence-corrected chi connectivity index (χ3v) is 9.81. The molecule has 1 aromatic carbocycles. The fraction of sp³-hybridized carbons (Fsp3) is 0.483. The van der Waals surface area contributed by atoms with Gasteiger partial charge in [-0.25, -0.2) is 9.69 Å². The summed E-state index contributed by atoms with van der Waals surface area (Å²) < 4.78 is 6.74. The molecule has 2 aliphatic heterocycles. The number of urea groups is 1. The number of anilines is 2. The number of carbonyl (C=O) groups excluding carboxylic acids is 3. The van der Waals surface area contributed by atoms with Gasteiger partial charge in [0.05, 0.1) is 10.2 Å². The molecule has 37 heavy (non-hydrogen) atoms. The standard InChI is InChI=1S/C29H30BrN3O4/c30-24-13-22(37-27(24)32-7-1-2-8-32)12-23-25(34)31-28(36)33(26(23)35)21-5-3-20(4-6-21)29-14-17-9-18(15-29)11-19(10-17)16-29/h3-6,12-13,17-19H,1-2,7-11,14-16H2,(H,31,34,36)/b23-12+. The predicted octanol–water partition coefficient (Wildman–Crippen LogP) is 5.78. The average Bonchev–Trinajstić information content (AvgIpc) is 3.51. The van der Waals surface area contributed by atoms with Crippen LogP contribution >= 0.6 is 15.9 Å². The van der Waals surface area contributed by atoms with Crippen LogP contribution in [0.1, 0.15) is 62.7 Å². The Morgan fingerprint density at radius 3 is 2.19 bits per heavy atom. The van der Waals surface area contributed by atoms with Crippen molar-refractivity contribution in [2.24, 2.45) is 17.8 Å². The number of furan rings is 1. The minimum atomic E-state index is -0.729. The number of carbonyl (C=O) groups is 3. The van der Waals surface area contributed by atoms with Crippen LogP contribution in [0.5, 0.6) is 0 Å². The second-order valence-corrected chi connectivity index (χ2v) is 12.6. The van der Waals surface area contributed by atoms with Crippen LogP contribution in [0, 0.1) is 17.8 Å². The lowest BCUT2D eigenvalue weighted by Crippen LogP contribution is -2.54. The summed E-state index contributed by atoms with van der Waals surface area (Å²) in [6.07, 6.45) is 11.5. The van der Waals surface area contributed by atoms with Gasteiger partial charge in [0.2, 0.25) is 5.88 Å². The lowest BCUT2D eigenvalue weighted by atomic mass is 9.48. The van der Waals surface area contributed by atoms with Gasteiger partial charge in [-0.05, 0) is 114 Å². The van der Waals surface area contributed by atoms with Crippen LogP contribution in [0.4, 0.5) is 16.4 Å². The van der Waals surface area contributed by atoms with Crippen LogP contribution in [0.3, 0.4) is 0 Å². The Labute approximate surface area is 224 Å². The van der Waals surface area contributed by atoms with E-state index in [-0.39, 0.29) is 11.0 Å². The number of rotatable bonds is 4. The lowest BCUT2D eigenvalue weighted by molar-refractivity contribution is -0.122. The molecule has 1 N–H and O–H groups in total. The van der Waals surface area contributed by atoms with Crippen LogP contribution in [-0.2, 0) is 15.0 Å². The molecule has 1 aromatic heterocycles. The van der Waals surface area contributed by atoms with Crippen LogP contribution in [0.25, 0.3) is 6.08 Å². The molecule has 7 nitrogen and oxygen atoms in total. The number of barbiturate groups is 1. The molecule has 192 valence electrons. The van der Waals surface area contributed by atoms with Gasteiger partial charge in [-0.1, -0.05) is 12.1 Å². The molecule has 0 atom stereocenters. The zero-order valence-electron chi connectivity index (χ0n) is 20.7. The molecule has 4 saturated carbocycles. The average molecular weight is 564 g/mol. The van der Waals surface area contributed by atoms with Crippen LogP contribution in [0.15, 0.2) is 44.8 Å². The molecule has 8 rings (SSSR count). The van der Waals surface area contributed by atoms with Crippen LogP contribution in [-0.4, -0.2) is 30.9 Å². The molecule has 0 radical (unpaired) electrons. The smallest absolute Gasteiger partial charge is 0.335 e. The van der Waals surface area contributed by atoms with Crippen molar-refractivity contribution in [1.29, 1.82) is 0 Å². The lowest BCUT2D eigenvalue weighted by Gasteiger charge is -2.57. The molecule has 6 fully saturated rings. The number of nitrogens with one attached hydrogen (secondary N) is 1. The van der Waals surface area contributed by atoms with Crippen molar-refractivity contribution >= 4 is 51.4 Å². The topological polar surface area (TPSA) is 82.9 Å². The summed E-state index contributed by atoms with van der Waals surface area (Å²) in [6.45, 7) is 1.81. The zero-order chi connectivity index (χ0) is 25.3. The van der Waals surface area contributed by atoms with Gasteiger partial charge in [-0.3, -0.25) is 14.9 Å². The molecule has 8 heteroatoms. The Bertz CT molecular complexity index is 1290. The fourth-order valence-corrected chi connectivity index (χ4v) is 8.60. The van der Waals surface area contributed by atoms with E-state index in [1.807, 2.05) is 12.1 Å². The zero-order valence-corrected chi connectivity index (χ0v) is 22.3. The van der Waals surface area contributed by atoms with Crippen molar-refractivity contribution in [3.63, 3.8) is 0 Å². The van der Waals surface area contributed by atoms with Gasteiger partial charge < -0.3 is 9.32 Å². The summed E-state index contributed by atoms with van der Waals surface area (Å²) >= 11 is 3.53. The molecule has 4 amide bonds. The van der Waals surface area contributed by atoms with E-state index in [0.717, 1.165) is 53.1 Å². The molecule has 3 heterocycles. The van der Waals surface area contributed by atoms with E-state index in [9.17, 15) is 14.4 Å². The number of halogens is 1. The van der Waals surface area contributed by atoms with Crippen LogP contribution < -0.4 is 15.1 Å². The molecule has 4 aliphatic carbocycles. The van der Waals surface area contributed by atoms with Crippen LogP contribution in [0.2, 0.25) is 0 Å². The first-order valence-corrected chi connectivity index (χ1v) is 14.2. The monoisotopic (exact) mass is 563 g/mol. The first-order valence-electron chi connectivity index (χ1n) is 13.4. The van der Waals surface area contributed by atoms with E-state index in [1.54, 1.807) is 6.07 Å². The molecular weight excluding hydrogens is 534 g/mol. The molecule has 2 aromatic rings. The highest BCUT2D eigenvalue weighted by molar-refractivity contribution is 9.10. The second-order valence-electron chi connectivity index (χ2n) is 11.7. The number of benzene rings is 1. The summed E-state index contributed by atoms with van der Waals surface area (Å²) in [4.78, 5) is 42.0. The number of amides is 4. The SMILES string of the molecule is O=C1NC(=O)N(c2ccc(C34CC5CC(CC(C5)C3)C4)cc2)C(=O)/C1=C/c1cc(Br)c(N2CCCC2)o1. The van der Waals surface area contributed by atoms with Gasteiger partial charge in [-0.2, -0.15) is 0 Å². The minimum absolute atomic E-state index is 0.126. The van der Waals surface area contributed by atoms with Crippen molar-refractivity contribution < 1.29 is 18.8 Å². The summed E-state index contributed by atoms with van der Waals surface area (Å²) in [5.41, 5.74) is 1.90. The highest BCUT2D eigenvalue weighted by Crippen LogP contribution is 2.60. The number of imide groups is 2. The number of hydrogen-bond donors (Lipinski definition) is 1. The van der Waals surface area contributed by atoms with Gasteiger partial charge >= 0.3 is 6.03 Å². The highest BCUT2D eigenvalue weighted by atomic mass is 79.9. The van der Waals surface area contributed by atoms with E-state index in [1.165, 1.54) is 50.2 Å². The molecule has 6 aliphatic rings. The normalized spacial score (nSPS) is 32.1.